The van der Waals surface area contributed by atoms with E-state index in [-0.39, 0.29) is 0 Å². The molecule has 10 aromatic carbocycles. The van der Waals surface area contributed by atoms with E-state index < -0.39 is 0 Å². The van der Waals surface area contributed by atoms with Crippen LogP contribution >= 0.6 is 0 Å². The fourth-order valence-corrected chi connectivity index (χ4v) is 10.3. The molecule has 6 heteroatoms. The fraction of sp³-hybridized carbons (Fsp3) is 0. The van der Waals surface area contributed by atoms with Crippen LogP contribution in [-0.4, -0.2) is 19.5 Å². The Morgan fingerprint density at radius 3 is 1.54 bits per heavy atom. The van der Waals surface area contributed by atoms with Gasteiger partial charge in [0.05, 0.1) is 11.0 Å². The number of furan rings is 2. The first kappa shape index (κ1) is 38.8. The van der Waals surface area contributed by atoms with E-state index >= 15 is 0 Å². The van der Waals surface area contributed by atoms with E-state index in [0.717, 1.165) is 116 Å². The molecule has 4 heterocycles. The molecule has 0 aliphatic rings. The SMILES string of the molecule is c1ccc(-c2nc(-c3ccccc3)nc(-c3cccc4oc5ccc(-c6ccc7c(c6)c6cc(-c8ccccc8-c8cccc9c8oc8ccccc89)ccc6n7-c6ccccc6)cc5c34)n2)cc1. The summed E-state index contributed by atoms with van der Waals surface area (Å²) in [6.07, 6.45) is 0. The molecule has 0 unspecified atom stereocenters. The van der Waals surface area contributed by atoms with Gasteiger partial charge in [0, 0.05) is 60.3 Å². The molecule has 69 heavy (non-hydrogen) atoms. The highest BCUT2D eigenvalue weighted by Crippen LogP contribution is 2.44. The summed E-state index contributed by atoms with van der Waals surface area (Å²) in [5.41, 5.74) is 16.1. The minimum atomic E-state index is 0.586. The van der Waals surface area contributed by atoms with E-state index in [0.29, 0.717) is 17.5 Å². The van der Waals surface area contributed by atoms with E-state index in [9.17, 15) is 0 Å². The van der Waals surface area contributed by atoms with Crippen molar-refractivity contribution in [1.82, 2.24) is 19.5 Å². The van der Waals surface area contributed by atoms with Crippen molar-refractivity contribution in [3.8, 4) is 73.2 Å². The molecule has 4 aromatic heterocycles. The van der Waals surface area contributed by atoms with Crippen molar-refractivity contribution < 1.29 is 8.83 Å². The van der Waals surface area contributed by atoms with Crippen molar-refractivity contribution in [3.63, 3.8) is 0 Å². The highest BCUT2D eigenvalue weighted by atomic mass is 16.3. The van der Waals surface area contributed by atoms with Gasteiger partial charge in [-0.15, -0.1) is 0 Å². The lowest BCUT2D eigenvalue weighted by Gasteiger charge is -2.12. The zero-order valence-electron chi connectivity index (χ0n) is 37.0. The van der Waals surface area contributed by atoms with Crippen molar-refractivity contribution in [2.24, 2.45) is 0 Å². The Morgan fingerprint density at radius 1 is 0.290 bits per heavy atom. The first-order valence-electron chi connectivity index (χ1n) is 23.2. The van der Waals surface area contributed by atoms with E-state index in [4.69, 9.17) is 23.8 Å². The van der Waals surface area contributed by atoms with Crippen molar-refractivity contribution in [2.75, 3.05) is 0 Å². The Hall–Kier alpha value is -9.39. The smallest absolute Gasteiger partial charge is 0.164 e. The zero-order valence-corrected chi connectivity index (χ0v) is 37.0. The zero-order chi connectivity index (χ0) is 45.4. The molecule has 14 rings (SSSR count). The number of rotatable bonds is 7. The topological polar surface area (TPSA) is 69.9 Å². The summed E-state index contributed by atoms with van der Waals surface area (Å²) in [6, 6.07) is 80.5. The van der Waals surface area contributed by atoms with Gasteiger partial charge in [0.1, 0.15) is 22.3 Å². The summed E-state index contributed by atoms with van der Waals surface area (Å²) < 4.78 is 15.5. The Bertz CT molecular complexity index is 4250. The normalized spacial score (nSPS) is 11.8. The third-order valence-corrected chi connectivity index (χ3v) is 13.5. The molecule has 0 N–H and O–H groups in total. The summed E-state index contributed by atoms with van der Waals surface area (Å²) in [6.45, 7) is 0. The number of fused-ring (bicyclic) bond motifs is 9. The van der Waals surface area contributed by atoms with Gasteiger partial charge in [-0.1, -0.05) is 170 Å². The number of para-hydroxylation sites is 3. The highest BCUT2D eigenvalue weighted by molar-refractivity contribution is 6.15. The molecule has 0 saturated carbocycles. The summed E-state index contributed by atoms with van der Waals surface area (Å²) in [5.74, 6) is 1.81. The largest absolute Gasteiger partial charge is 0.456 e. The maximum absolute atomic E-state index is 6.57. The van der Waals surface area contributed by atoms with Crippen LogP contribution in [0.4, 0.5) is 0 Å². The maximum atomic E-state index is 6.57. The second-order valence-corrected chi connectivity index (χ2v) is 17.5. The fourth-order valence-electron chi connectivity index (χ4n) is 10.3. The molecule has 322 valence electrons. The molecule has 0 fully saturated rings. The molecule has 0 amide bonds. The number of hydrogen-bond donors (Lipinski definition) is 0. The number of nitrogens with zero attached hydrogens (tertiary/aromatic N) is 4. The van der Waals surface area contributed by atoms with Crippen LogP contribution in [0.3, 0.4) is 0 Å². The first-order chi connectivity index (χ1) is 34.2. The van der Waals surface area contributed by atoms with Gasteiger partial charge >= 0.3 is 0 Å². The molecule has 0 spiro atoms. The Balaban J connectivity index is 0.939. The van der Waals surface area contributed by atoms with Crippen LogP contribution in [0.15, 0.2) is 239 Å². The van der Waals surface area contributed by atoms with Crippen LogP contribution in [0.1, 0.15) is 0 Å². The minimum absolute atomic E-state index is 0.586. The lowest BCUT2D eigenvalue weighted by atomic mass is 9.92. The van der Waals surface area contributed by atoms with Gasteiger partial charge in [-0.2, -0.15) is 0 Å². The van der Waals surface area contributed by atoms with E-state index in [1.54, 1.807) is 0 Å². The second-order valence-electron chi connectivity index (χ2n) is 17.5. The molecule has 14 aromatic rings. The lowest BCUT2D eigenvalue weighted by molar-refractivity contribution is 0.669. The van der Waals surface area contributed by atoms with Crippen LogP contribution < -0.4 is 0 Å². The summed E-state index contributed by atoms with van der Waals surface area (Å²) in [7, 11) is 0. The van der Waals surface area contributed by atoms with Crippen molar-refractivity contribution >= 4 is 65.7 Å². The Kier molecular flexibility index (Phi) is 8.79. The van der Waals surface area contributed by atoms with Crippen molar-refractivity contribution in [2.45, 2.75) is 0 Å². The van der Waals surface area contributed by atoms with Gasteiger partial charge in [-0.05, 0) is 88.5 Å². The average Bonchev–Trinajstić information content (AvgIpc) is 4.10. The average molecular weight is 883 g/mol. The monoisotopic (exact) mass is 882 g/mol. The second kappa shape index (κ2) is 15.6. The lowest BCUT2D eigenvalue weighted by Crippen LogP contribution is -2.00. The van der Waals surface area contributed by atoms with Crippen molar-refractivity contribution in [3.05, 3.63) is 231 Å². The van der Waals surface area contributed by atoms with E-state index in [1.807, 2.05) is 84.9 Å². The van der Waals surface area contributed by atoms with Gasteiger partial charge in [0.25, 0.3) is 0 Å². The Labute approximate surface area is 396 Å². The van der Waals surface area contributed by atoms with Crippen LogP contribution in [0.5, 0.6) is 0 Å². The van der Waals surface area contributed by atoms with Crippen molar-refractivity contribution in [1.29, 1.82) is 0 Å². The quantitative estimate of drug-likeness (QED) is 0.159. The molecular formula is C63H38N4O2. The molecule has 6 nitrogen and oxygen atoms in total. The van der Waals surface area contributed by atoms with Crippen LogP contribution in [0.2, 0.25) is 0 Å². The number of aromatic nitrogens is 4. The third-order valence-electron chi connectivity index (χ3n) is 13.5. The first-order valence-corrected chi connectivity index (χ1v) is 23.2. The van der Waals surface area contributed by atoms with Gasteiger partial charge in [-0.25, -0.2) is 15.0 Å². The van der Waals surface area contributed by atoms with E-state index in [2.05, 4.69) is 150 Å². The van der Waals surface area contributed by atoms with E-state index in [1.165, 1.54) is 5.39 Å². The Morgan fingerprint density at radius 2 is 0.797 bits per heavy atom. The molecule has 0 aliphatic carbocycles. The van der Waals surface area contributed by atoms with Crippen LogP contribution in [0, 0.1) is 0 Å². The summed E-state index contributed by atoms with van der Waals surface area (Å²) in [5, 5.41) is 6.52. The minimum Gasteiger partial charge on any atom is -0.456 e. The summed E-state index contributed by atoms with van der Waals surface area (Å²) in [4.78, 5) is 15.2. The molecule has 0 radical (unpaired) electrons. The molecular weight excluding hydrogens is 845 g/mol. The van der Waals surface area contributed by atoms with Gasteiger partial charge < -0.3 is 13.4 Å². The maximum Gasteiger partial charge on any atom is 0.164 e. The summed E-state index contributed by atoms with van der Waals surface area (Å²) >= 11 is 0. The van der Waals surface area contributed by atoms with Crippen LogP contribution in [0.25, 0.3) is 139 Å². The standard InChI is InChI=1S/C63H38N4O2/c1-4-16-39(17-5-1)61-64-62(40-18-6-2-7-19-40)66-63(65-61)50-27-15-29-58-59(50)53-37-42(32-35-57(53)68-58)41-30-33-54-51(36-41)52-38-43(31-34-55(52)67(54)44-20-8-3-9-21-44)45-22-10-11-23-46(45)48-25-14-26-49-47-24-12-13-28-56(47)69-60(48)49/h1-38H. The predicted molar refractivity (Wildman–Crippen MR) is 281 cm³/mol. The number of benzene rings is 10. The predicted octanol–water partition coefficient (Wildman–Crippen LogP) is 16.8. The number of hydrogen-bond acceptors (Lipinski definition) is 5. The van der Waals surface area contributed by atoms with Crippen LogP contribution in [-0.2, 0) is 0 Å². The molecule has 0 bridgehead atoms. The highest BCUT2D eigenvalue weighted by Gasteiger charge is 2.21. The third kappa shape index (κ3) is 6.38. The molecule has 0 saturated heterocycles. The van der Waals surface area contributed by atoms with Gasteiger partial charge in [0.2, 0.25) is 0 Å². The molecule has 0 aliphatic heterocycles. The van der Waals surface area contributed by atoms with Gasteiger partial charge in [0.15, 0.2) is 17.5 Å². The molecule has 0 atom stereocenters. The van der Waals surface area contributed by atoms with Gasteiger partial charge in [-0.3, -0.25) is 0 Å².